The highest BCUT2D eigenvalue weighted by Gasteiger charge is 2.33. The molecule has 19 heavy (non-hydrogen) atoms. The third-order valence-electron chi connectivity index (χ3n) is 4.08. The van der Waals surface area contributed by atoms with Gasteiger partial charge in [-0.1, -0.05) is 15.9 Å². The molecule has 1 aliphatic heterocycles. The number of hydrogen-bond donors (Lipinski definition) is 1. The van der Waals surface area contributed by atoms with E-state index in [1.54, 1.807) is 7.11 Å². The van der Waals surface area contributed by atoms with Gasteiger partial charge in [-0.2, -0.15) is 0 Å². The lowest BCUT2D eigenvalue weighted by Gasteiger charge is -2.27. The zero-order valence-corrected chi connectivity index (χ0v) is 12.9. The first-order chi connectivity index (χ1) is 9.26. The fourth-order valence-corrected chi connectivity index (χ4v) is 3.31. The van der Waals surface area contributed by atoms with Gasteiger partial charge in [0.2, 0.25) is 0 Å². The van der Waals surface area contributed by atoms with Crippen molar-refractivity contribution in [2.45, 2.75) is 25.3 Å². The fraction of sp³-hybridized carbons (Fsp3) is 0.600. The minimum Gasteiger partial charge on any atom is -0.497 e. The second-order valence-electron chi connectivity index (χ2n) is 5.55. The zero-order chi connectivity index (χ0) is 13.2. The standard InChI is InChI=1S/C15H21BrN2O/c1-19-14-8-12(16)7-13(9-14)18-6-2-5-17-15(10-18)11-3-4-11/h7-9,11,15,17H,2-6,10H2,1H3. The predicted octanol–water partition coefficient (Wildman–Crippen LogP) is 3.04. The van der Waals surface area contributed by atoms with Crippen LogP contribution in [0.25, 0.3) is 0 Å². The van der Waals surface area contributed by atoms with Gasteiger partial charge in [0, 0.05) is 35.4 Å². The Balaban J connectivity index is 1.80. The molecule has 2 aliphatic rings. The van der Waals surface area contributed by atoms with Crippen molar-refractivity contribution in [1.82, 2.24) is 5.32 Å². The van der Waals surface area contributed by atoms with E-state index in [9.17, 15) is 0 Å². The molecular formula is C15H21BrN2O. The average Bonchev–Trinajstić information content (AvgIpc) is 3.23. The van der Waals surface area contributed by atoms with Crippen LogP contribution in [0.1, 0.15) is 19.3 Å². The molecule has 1 aromatic rings. The third-order valence-corrected chi connectivity index (χ3v) is 4.53. The summed E-state index contributed by atoms with van der Waals surface area (Å²) in [5, 5.41) is 3.70. The van der Waals surface area contributed by atoms with Gasteiger partial charge >= 0.3 is 0 Å². The van der Waals surface area contributed by atoms with Crippen molar-refractivity contribution in [1.29, 1.82) is 0 Å². The third kappa shape index (κ3) is 3.23. The topological polar surface area (TPSA) is 24.5 Å². The number of rotatable bonds is 3. The highest BCUT2D eigenvalue weighted by Crippen LogP contribution is 2.35. The molecule has 0 amide bonds. The highest BCUT2D eigenvalue weighted by atomic mass is 79.9. The van der Waals surface area contributed by atoms with Crippen LogP contribution in [0.2, 0.25) is 0 Å². The van der Waals surface area contributed by atoms with Crippen molar-refractivity contribution in [2.24, 2.45) is 5.92 Å². The van der Waals surface area contributed by atoms with Crippen LogP contribution in [-0.4, -0.2) is 32.8 Å². The van der Waals surface area contributed by atoms with Crippen LogP contribution in [0.3, 0.4) is 0 Å². The quantitative estimate of drug-likeness (QED) is 0.924. The summed E-state index contributed by atoms with van der Waals surface area (Å²) in [6, 6.07) is 7.00. The fourth-order valence-electron chi connectivity index (χ4n) is 2.85. The number of ether oxygens (including phenoxy) is 1. The first-order valence-corrected chi connectivity index (χ1v) is 7.88. The summed E-state index contributed by atoms with van der Waals surface area (Å²) < 4.78 is 6.46. The van der Waals surface area contributed by atoms with Crippen LogP contribution in [-0.2, 0) is 0 Å². The maximum absolute atomic E-state index is 5.37. The molecule has 0 radical (unpaired) electrons. The lowest BCUT2D eigenvalue weighted by Crippen LogP contribution is -2.39. The van der Waals surface area contributed by atoms with E-state index in [0.717, 1.165) is 35.8 Å². The van der Waals surface area contributed by atoms with Crippen molar-refractivity contribution >= 4 is 21.6 Å². The molecule has 0 aromatic heterocycles. The van der Waals surface area contributed by atoms with Gasteiger partial charge in [-0.15, -0.1) is 0 Å². The molecule has 104 valence electrons. The van der Waals surface area contributed by atoms with E-state index in [2.05, 4.69) is 38.3 Å². The van der Waals surface area contributed by atoms with Crippen LogP contribution in [0.4, 0.5) is 5.69 Å². The van der Waals surface area contributed by atoms with Gasteiger partial charge in [0.15, 0.2) is 0 Å². The Bertz CT molecular complexity index is 448. The molecule has 1 aromatic carbocycles. The summed E-state index contributed by atoms with van der Waals surface area (Å²) >= 11 is 3.57. The van der Waals surface area contributed by atoms with Crippen molar-refractivity contribution in [3.8, 4) is 5.75 Å². The van der Waals surface area contributed by atoms with E-state index >= 15 is 0 Å². The molecule has 1 heterocycles. The van der Waals surface area contributed by atoms with Crippen molar-refractivity contribution in [3.63, 3.8) is 0 Å². The van der Waals surface area contributed by atoms with Gasteiger partial charge in [0.25, 0.3) is 0 Å². The van der Waals surface area contributed by atoms with Crippen molar-refractivity contribution in [2.75, 3.05) is 31.6 Å². The lowest BCUT2D eigenvalue weighted by molar-refractivity contribution is 0.414. The SMILES string of the molecule is COc1cc(Br)cc(N2CCCNC(C3CC3)C2)c1. The van der Waals surface area contributed by atoms with E-state index < -0.39 is 0 Å². The second kappa shape index (κ2) is 5.71. The normalized spacial score (nSPS) is 24.1. The Kier molecular flexibility index (Phi) is 3.99. The number of nitrogens with zero attached hydrogens (tertiary/aromatic N) is 1. The monoisotopic (exact) mass is 324 g/mol. The van der Waals surface area contributed by atoms with E-state index in [-0.39, 0.29) is 0 Å². The molecule has 2 fully saturated rings. The van der Waals surface area contributed by atoms with Crippen LogP contribution in [0.15, 0.2) is 22.7 Å². The largest absolute Gasteiger partial charge is 0.497 e. The Morgan fingerprint density at radius 1 is 1.32 bits per heavy atom. The average molecular weight is 325 g/mol. The van der Waals surface area contributed by atoms with Crippen molar-refractivity contribution in [3.05, 3.63) is 22.7 Å². The Labute approximate surface area is 123 Å². The number of anilines is 1. The van der Waals surface area contributed by atoms with Crippen LogP contribution < -0.4 is 15.0 Å². The molecule has 3 nitrogen and oxygen atoms in total. The summed E-state index contributed by atoms with van der Waals surface area (Å²) in [6.07, 6.45) is 4.00. The van der Waals surface area contributed by atoms with E-state index in [0.29, 0.717) is 6.04 Å². The van der Waals surface area contributed by atoms with Crippen LogP contribution >= 0.6 is 15.9 Å². The highest BCUT2D eigenvalue weighted by molar-refractivity contribution is 9.10. The minimum absolute atomic E-state index is 0.660. The first-order valence-electron chi connectivity index (χ1n) is 7.09. The summed E-state index contributed by atoms with van der Waals surface area (Å²) in [5.74, 6) is 1.82. The minimum atomic E-state index is 0.660. The number of hydrogen-bond acceptors (Lipinski definition) is 3. The summed E-state index contributed by atoms with van der Waals surface area (Å²) in [6.45, 7) is 3.38. The maximum Gasteiger partial charge on any atom is 0.122 e. The molecule has 4 heteroatoms. The zero-order valence-electron chi connectivity index (χ0n) is 11.4. The first kappa shape index (κ1) is 13.3. The van der Waals surface area contributed by atoms with Gasteiger partial charge in [-0.25, -0.2) is 0 Å². The van der Waals surface area contributed by atoms with Gasteiger partial charge in [-0.05, 0) is 43.9 Å². The van der Waals surface area contributed by atoms with Gasteiger partial charge in [0.05, 0.1) is 7.11 Å². The van der Waals surface area contributed by atoms with Gasteiger partial charge in [-0.3, -0.25) is 0 Å². The molecule has 1 unspecified atom stereocenters. The summed E-state index contributed by atoms with van der Waals surface area (Å²) in [5.41, 5.74) is 1.26. The molecule has 1 atom stereocenters. The second-order valence-corrected chi connectivity index (χ2v) is 6.46. The van der Waals surface area contributed by atoms with E-state index in [1.807, 2.05) is 6.07 Å². The summed E-state index contributed by atoms with van der Waals surface area (Å²) in [7, 11) is 1.72. The molecule has 3 rings (SSSR count). The van der Waals surface area contributed by atoms with Crippen LogP contribution in [0, 0.1) is 5.92 Å². The maximum atomic E-state index is 5.37. The number of halogens is 1. The van der Waals surface area contributed by atoms with E-state index in [1.165, 1.54) is 24.9 Å². The molecule has 1 aliphatic carbocycles. The summed E-state index contributed by atoms with van der Waals surface area (Å²) in [4.78, 5) is 2.50. The van der Waals surface area contributed by atoms with Crippen molar-refractivity contribution < 1.29 is 4.74 Å². The molecular weight excluding hydrogens is 304 g/mol. The number of nitrogens with one attached hydrogen (secondary N) is 1. The Morgan fingerprint density at radius 3 is 2.89 bits per heavy atom. The Morgan fingerprint density at radius 2 is 2.16 bits per heavy atom. The molecule has 1 N–H and O–H groups in total. The molecule has 1 saturated carbocycles. The molecule has 0 spiro atoms. The van der Waals surface area contributed by atoms with Crippen LogP contribution in [0.5, 0.6) is 5.75 Å². The Hall–Kier alpha value is -0.740. The predicted molar refractivity (Wildman–Crippen MR) is 82.0 cm³/mol. The molecule has 1 saturated heterocycles. The van der Waals surface area contributed by atoms with E-state index in [4.69, 9.17) is 4.74 Å². The smallest absolute Gasteiger partial charge is 0.122 e. The van der Waals surface area contributed by atoms with Gasteiger partial charge in [0.1, 0.15) is 5.75 Å². The molecule has 0 bridgehead atoms. The number of benzene rings is 1. The van der Waals surface area contributed by atoms with Gasteiger partial charge < -0.3 is 15.0 Å². The lowest BCUT2D eigenvalue weighted by atomic mass is 10.1. The number of methoxy groups -OCH3 is 1.